The van der Waals surface area contributed by atoms with Crippen molar-refractivity contribution in [3.05, 3.63) is 29.6 Å². The van der Waals surface area contributed by atoms with Gasteiger partial charge < -0.3 is 14.8 Å². The summed E-state index contributed by atoms with van der Waals surface area (Å²) in [5.41, 5.74) is 3.08. The number of imidazole rings is 1. The van der Waals surface area contributed by atoms with Crippen LogP contribution >= 0.6 is 0 Å². The van der Waals surface area contributed by atoms with Crippen molar-refractivity contribution in [2.45, 2.75) is 39.7 Å². The van der Waals surface area contributed by atoms with E-state index in [2.05, 4.69) is 14.9 Å². The van der Waals surface area contributed by atoms with Gasteiger partial charge in [0.1, 0.15) is 5.82 Å². The second kappa shape index (κ2) is 7.25. The van der Waals surface area contributed by atoms with Crippen molar-refractivity contribution in [1.29, 1.82) is 0 Å². The maximum Gasteiger partial charge on any atom is 0.225 e. The van der Waals surface area contributed by atoms with Crippen molar-refractivity contribution in [2.24, 2.45) is 13.0 Å². The number of fused-ring (bicyclic) bond motifs is 1. The minimum Gasteiger partial charge on any atom is -0.352 e. The van der Waals surface area contributed by atoms with Crippen LogP contribution in [0.15, 0.2) is 18.2 Å². The summed E-state index contributed by atoms with van der Waals surface area (Å²) < 4.78 is 2.05. The van der Waals surface area contributed by atoms with Crippen LogP contribution < -0.4 is 5.32 Å². The minimum atomic E-state index is -0.106. The molecule has 0 saturated carbocycles. The average molecular weight is 342 g/mol. The highest BCUT2D eigenvalue weighted by Crippen LogP contribution is 2.19. The first-order valence-corrected chi connectivity index (χ1v) is 8.97. The number of carbonyl (C=O) groups is 2. The van der Waals surface area contributed by atoms with Gasteiger partial charge in [-0.3, -0.25) is 9.59 Å². The van der Waals surface area contributed by atoms with Crippen molar-refractivity contribution in [3.8, 4) is 0 Å². The predicted octanol–water partition coefficient (Wildman–Crippen LogP) is 2.15. The van der Waals surface area contributed by atoms with E-state index in [0.717, 1.165) is 41.8 Å². The molecule has 2 amide bonds. The molecule has 1 aliphatic rings. The molecule has 134 valence electrons. The highest BCUT2D eigenvalue weighted by molar-refractivity contribution is 5.81. The molecule has 1 aliphatic heterocycles. The molecule has 6 heteroatoms. The maximum atomic E-state index is 12.5. The molecule has 0 radical (unpaired) electrons. The Hall–Kier alpha value is -2.37. The van der Waals surface area contributed by atoms with Crippen LogP contribution in [0, 0.1) is 12.8 Å². The molecule has 0 bridgehead atoms. The van der Waals surface area contributed by atoms with Gasteiger partial charge in [0.05, 0.1) is 17.0 Å². The fourth-order valence-electron chi connectivity index (χ4n) is 3.45. The molecule has 6 nitrogen and oxygen atoms in total. The maximum absolute atomic E-state index is 12.5. The fourth-order valence-corrected chi connectivity index (χ4v) is 3.45. The van der Waals surface area contributed by atoms with Crippen LogP contribution in [0.4, 0.5) is 0 Å². The lowest BCUT2D eigenvalue weighted by atomic mass is 9.96. The molecule has 2 aromatic rings. The fraction of sp³-hybridized carbons (Fsp3) is 0.526. The number of amides is 2. The van der Waals surface area contributed by atoms with Gasteiger partial charge in [-0.25, -0.2) is 4.98 Å². The Morgan fingerprint density at radius 1 is 1.36 bits per heavy atom. The number of carbonyl (C=O) groups excluding carboxylic acids is 2. The third-order valence-corrected chi connectivity index (χ3v) is 5.08. The van der Waals surface area contributed by atoms with Crippen LogP contribution in [0.2, 0.25) is 0 Å². The van der Waals surface area contributed by atoms with Crippen molar-refractivity contribution >= 4 is 22.8 Å². The Bertz CT molecular complexity index is 796. The number of piperidine rings is 1. The van der Waals surface area contributed by atoms with Crippen LogP contribution in [-0.4, -0.2) is 39.4 Å². The van der Waals surface area contributed by atoms with Crippen LogP contribution in [0.3, 0.4) is 0 Å². The number of likely N-dealkylation sites (tertiary alicyclic amines) is 1. The summed E-state index contributed by atoms with van der Waals surface area (Å²) in [5, 5.41) is 3.02. The molecule has 1 N–H and O–H groups in total. The highest BCUT2D eigenvalue weighted by atomic mass is 16.2. The topological polar surface area (TPSA) is 67.2 Å². The van der Waals surface area contributed by atoms with E-state index in [0.29, 0.717) is 19.5 Å². The molecule has 3 rings (SSSR count). The number of hydrogen-bond donors (Lipinski definition) is 1. The molecule has 1 unspecified atom stereocenters. The van der Waals surface area contributed by atoms with E-state index in [1.165, 1.54) is 0 Å². The van der Waals surface area contributed by atoms with Gasteiger partial charge in [0, 0.05) is 33.1 Å². The Balaban J connectivity index is 1.61. The van der Waals surface area contributed by atoms with E-state index in [9.17, 15) is 9.59 Å². The zero-order valence-electron chi connectivity index (χ0n) is 15.2. The molecule has 1 atom stereocenters. The zero-order chi connectivity index (χ0) is 18.0. The Labute approximate surface area is 148 Å². The standard InChI is InChI=1S/C19H26N4O2/c1-4-18(24)23-9-5-6-15(12-23)19(25)20-11-14-7-8-17-16(10-14)21-13(2)22(17)3/h7-8,10,15H,4-6,9,11-12H2,1-3H3,(H,20,25). The lowest BCUT2D eigenvalue weighted by molar-refractivity contribution is -0.135. The number of nitrogens with zero attached hydrogens (tertiary/aromatic N) is 3. The zero-order valence-corrected chi connectivity index (χ0v) is 15.2. The predicted molar refractivity (Wildman–Crippen MR) is 96.9 cm³/mol. The average Bonchev–Trinajstić information content (AvgIpc) is 2.92. The molecule has 1 aromatic carbocycles. The van der Waals surface area contributed by atoms with Crippen molar-refractivity contribution < 1.29 is 9.59 Å². The molecule has 2 heterocycles. The monoisotopic (exact) mass is 342 g/mol. The van der Waals surface area contributed by atoms with Gasteiger partial charge >= 0.3 is 0 Å². The summed E-state index contributed by atoms with van der Waals surface area (Å²) >= 11 is 0. The first kappa shape index (κ1) is 17.5. The SMILES string of the molecule is CCC(=O)N1CCCC(C(=O)NCc2ccc3c(c2)nc(C)n3C)C1. The van der Waals surface area contributed by atoms with Gasteiger partial charge in [-0.15, -0.1) is 0 Å². The molecule has 1 fully saturated rings. The molecule has 0 spiro atoms. The van der Waals surface area contributed by atoms with Crippen LogP contribution in [-0.2, 0) is 23.2 Å². The number of benzene rings is 1. The van der Waals surface area contributed by atoms with E-state index in [-0.39, 0.29) is 17.7 Å². The first-order chi connectivity index (χ1) is 12.0. The minimum absolute atomic E-state index is 0.0332. The van der Waals surface area contributed by atoms with Crippen molar-refractivity contribution in [3.63, 3.8) is 0 Å². The van der Waals surface area contributed by atoms with Gasteiger partial charge in [-0.2, -0.15) is 0 Å². The molecule has 1 saturated heterocycles. The molecular weight excluding hydrogens is 316 g/mol. The van der Waals surface area contributed by atoms with Crippen LogP contribution in [0.5, 0.6) is 0 Å². The summed E-state index contributed by atoms with van der Waals surface area (Å²) in [6.45, 7) is 5.64. The Morgan fingerprint density at radius 2 is 2.16 bits per heavy atom. The first-order valence-electron chi connectivity index (χ1n) is 8.97. The summed E-state index contributed by atoms with van der Waals surface area (Å²) in [6.07, 6.45) is 2.23. The second-order valence-corrected chi connectivity index (χ2v) is 6.79. The normalized spacial score (nSPS) is 17.7. The van der Waals surface area contributed by atoms with Crippen molar-refractivity contribution in [1.82, 2.24) is 19.8 Å². The third-order valence-electron chi connectivity index (χ3n) is 5.08. The number of aromatic nitrogens is 2. The molecule has 0 aliphatic carbocycles. The summed E-state index contributed by atoms with van der Waals surface area (Å²) in [7, 11) is 2.00. The Morgan fingerprint density at radius 3 is 2.92 bits per heavy atom. The van der Waals surface area contributed by atoms with E-state index in [4.69, 9.17) is 0 Å². The van der Waals surface area contributed by atoms with Gasteiger partial charge in [-0.05, 0) is 37.5 Å². The number of aryl methyl sites for hydroxylation is 2. The summed E-state index contributed by atoms with van der Waals surface area (Å²) in [5.74, 6) is 1.03. The van der Waals surface area contributed by atoms with E-state index >= 15 is 0 Å². The quantitative estimate of drug-likeness (QED) is 0.926. The highest BCUT2D eigenvalue weighted by Gasteiger charge is 2.27. The van der Waals surface area contributed by atoms with E-state index < -0.39 is 0 Å². The third kappa shape index (κ3) is 3.67. The summed E-state index contributed by atoms with van der Waals surface area (Å²) in [6, 6.07) is 6.09. The van der Waals surface area contributed by atoms with E-state index in [1.807, 2.05) is 44.0 Å². The van der Waals surface area contributed by atoms with Crippen LogP contribution in [0.25, 0.3) is 11.0 Å². The van der Waals surface area contributed by atoms with Gasteiger partial charge in [0.15, 0.2) is 0 Å². The number of hydrogen-bond acceptors (Lipinski definition) is 3. The lowest BCUT2D eigenvalue weighted by Gasteiger charge is -2.31. The molecule has 1 aromatic heterocycles. The van der Waals surface area contributed by atoms with Gasteiger partial charge in [0.2, 0.25) is 11.8 Å². The lowest BCUT2D eigenvalue weighted by Crippen LogP contribution is -2.45. The Kier molecular flexibility index (Phi) is 5.06. The number of rotatable bonds is 4. The molecular formula is C19H26N4O2. The van der Waals surface area contributed by atoms with Crippen molar-refractivity contribution in [2.75, 3.05) is 13.1 Å². The van der Waals surface area contributed by atoms with Crippen LogP contribution in [0.1, 0.15) is 37.6 Å². The van der Waals surface area contributed by atoms with Gasteiger partial charge in [0.25, 0.3) is 0 Å². The van der Waals surface area contributed by atoms with Gasteiger partial charge in [-0.1, -0.05) is 13.0 Å². The smallest absolute Gasteiger partial charge is 0.225 e. The van der Waals surface area contributed by atoms with E-state index in [1.54, 1.807) is 0 Å². The summed E-state index contributed by atoms with van der Waals surface area (Å²) in [4.78, 5) is 30.7. The second-order valence-electron chi connectivity index (χ2n) is 6.79. The largest absolute Gasteiger partial charge is 0.352 e. The number of nitrogens with one attached hydrogen (secondary N) is 1. The molecule has 25 heavy (non-hydrogen) atoms.